The average Bonchev–Trinajstić information content (AvgIpc) is 2.40. The largest absolute Gasteiger partial charge is 0.418 e. The third-order valence-corrected chi connectivity index (χ3v) is 4.32. The highest BCUT2D eigenvalue weighted by Crippen LogP contribution is 2.48. The van der Waals surface area contributed by atoms with E-state index in [2.05, 4.69) is 0 Å². The molecule has 0 bridgehead atoms. The van der Waals surface area contributed by atoms with Gasteiger partial charge in [0.2, 0.25) is 0 Å². The second-order valence-electron chi connectivity index (χ2n) is 1.51. The number of carbonyl (C=O) groups excluding carboxylic acids is 1. The fraction of sp³-hybridized carbons (Fsp3) is 0.400. The molecule has 1 heterocycles. The molecule has 0 aromatic carbocycles. The van der Waals surface area contributed by atoms with Crippen LogP contribution in [-0.4, -0.2) is 5.97 Å². The van der Waals surface area contributed by atoms with Crippen LogP contribution in [0.3, 0.4) is 0 Å². The fourth-order valence-corrected chi connectivity index (χ4v) is 3.71. The van der Waals surface area contributed by atoms with E-state index in [4.69, 9.17) is 4.74 Å². The number of rotatable bonds is 2. The van der Waals surface area contributed by atoms with E-state index in [1.165, 1.54) is 10.8 Å². The van der Waals surface area contributed by atoms with Crippen molar-refractivity contribution in [2.24, 2.45) is 0 Å². The van der Waals surface area contributed by atoms with Crippen LogP contribution in [0.4, 0.5) is 0 Å². The molecular weight excluding hydrogens is 188 g/mol. The van der Waals surface area contributed by atoms with E-state index >= 15 is 0 Å². The Morgan fingerprint density at radius 2 is 2.60 bits per heavy atom. The Hall–Kier alpha value is 0.260. The maximum absolute atomic E-state index is 10.7. The van der Waals surface area contributed by atoms with Crippen LogP contribution in [0.25, 0.3) is 0 Å². The normalized spacial score (nSPS) is 16.7. The monoisotopic (exact) mass is 194 g/mol. The minimum absolute atomic E-state index is 0.165. The summed E-state index contributed by atoms with van der Waals surface area (Å²) < 4.78 is 4.90. The number of carbonyl (C=O) groups is 1. The first-order valence-corrected chi connectivity index (χ1v) is 6.28. The van der Waals surface area contributed by atoms with Crippen molar-refractivity contribution in [3.8, 4) is 0 Å². The van der Waals surface area contributed by atoms with Gasteiger partial charge in [-0.15, -0.1) is 0 Å². The third kappa shape index (κ3) is 2.48. The minimum atomic E-state index is -0.165. The summed E-state index contributed by atoms with van der Waals surface area (Å²) in [6.45, 7) is 1.78. The Labute approximate surface area is 70.9 Å². The first-order valence-electron chi connectivity index (χ1n) is 2.73. The van der Waals surface area contributed by atoms with Crippen molar-refractivity contribution >= 4 is 37.4 Å². The highest BCUT2D eigenvalue weighted by atomic mass is 33.5. The van der Waals surface area contributed by atoms with Gasteiger partial charge in [0.05, 0.1) is 0 Å². The van der Waals surface area contributed by atoms with Gasteiger partial charge in [0, 0.05) is 11.8 Å². The molecule has 1 aliphatic heterocycles. The highest BCUT2D eigenvalue weighted by Gasteiger charge is 2.11. The molecule has 2 nitrogen and oxygen atoms in total. The standard InChI is InChI=1S/C5H6O2S3/c1-2-4(6)7-5-3-8-10-9-5/h3H,2H2,1H3. The molecule has 0 aromatic rings. The van der Waals surface area contributed by atoms with E-state index in [-0.39, 0.29) is 5.97 Å². The molecule has 0 spiro atoms. The predicted molar refractivity (Wildman–Crippen MR) is 47.2 cm³/mol. The van der Waals surface area contributed by atoms with Crippen LogP contribution in [0, 0.1) is 0 Å². The second-order valence-corrected chi connectivity index (χ2v) is 5.36. The molecule has 1 rings (SSSR count). The van der Waals surface area contributed by atoms with Crippen LogP contribution in [-0.2, 0) is 9.53 Å². The maximum atomic E-state index is 10.7. The van der Waals surface area contributed by atoms with E-state index < -0.39 is 0 Å². The quantitative estimate of drug-likeness (QED) is 0.497. The van der Waals surface area contributed by atoms with Gasteiger partial charge < -0.3 is 4.74 Å². The first-order chi connectivity index (χ1) is 4.83. The smallest absolute Gasteiger partial charge is 0.311 e. The van der Waals surface area contributed by atoms with Crippen molar-refractivity contribution in [3.05, 3.63) is 10.5 Å². The van der Waals surface area contributed by atoms with E-state index in [1.54, 1.807) is 27.5 Å². The van der Waals surface area contributed by atoms with Crippen LogP contribution < -0.4 is 0 Å². The number of hydrogen-bond donors (Lipinski definition) is 0. The number of esters is 1. The zero-order valence-corrected chi connectivity index (χ0v) is 7.78. The first kappa shape index (κ1) is 8.36. The van der Waals surface area contributed by atoms with E-state index in [1.807, 2.05) is 5.41 Å². The molecule has 10 heavy (non-hydrogen) atoms. The predicted octanol–water partition coefficient (Wildman–Crippen LogP) is 2.78. The molecule has 0 amide bonds. The molecule has 1 aliphatic rings. The lowest BCUT2D eigenvalue weighted by Gasteiger charge is -1.98. The summed E-state index contributed by atoms with van der Waals surface area (Å²) in [5.74, 6) is -0.165. The Morgan fingerprint density at radius 1 is 1.80 bits per heavy atom. The van der Waals surface area contributed by atoms with Gasteiger partial charge in [0.1, 0.15) is 0 Å². The zero-order valence-electron chi connectivity index (χ0n) is 5.33. The van der Waals surface area contributed by atoms with E-state index in [0.717, 1.165) is 0 Å². The van der Waals surface area contributed by atoms with Gasteiger partial charge in [0.15, 0.2) is 5.09 Å². The topological polar surface area (TPSA) is 26.3 Å². The molecule has 56 valence electrons. The van der Waals surface area contributed by atoms with Gasteiger partial charge >= 0.3 is 5.97 Å². The van der Waals surface area contributed by atoms with Gasteiger partial charge in [-0.1, -0.05) is 6.92 Å². The summed E-state index contributed by atoms with van der Waals surface area (Å²) in [6, 6.07) is 0. The Bertz CT molecular complexity index is 166. The molecule has 0 fully saturated rings. The van der Waals surface area contributed by atoms with Crippen molar-refractivity contribution in [2.45, 2.75) is 13.3 Å². The van der Waals surface area contributed by atoms with Crippen LogP contribution in [0.15, 0.2) is 10.5 Å². The number of hydrogen-bond acceptors (Lipinski definition) is 5. The van der Waals surface area contributed by atoms with Crippen molar-refractivity contribution in [1.82, 2.24) is 0 Å². The molecule has 0 atom stereocenters. The van der Waals surface area contributed by atoms with Gasteiger partial charge in [-0.2, -0.15) is 0 Å². The number of ether oxygens (including phenoxy) is 1. The van der Waals surface area contributed by atoms with Crippen molar-refractivity contribution in [3.63, 3.8) is 0 Å². The SMILES string of the molecule is CCC(=O)OC1=CSSS1. The lowest BCUT2D eigenvalue weighted by molar-refractivity contribution is -0.138. The van der Waals surface area contributed by atoms with Gasteiger partial charge in [-0.05, 0) is 31.4 Å². The van der Waals surface area contributed by atoms with Crippen LogP contribution in [0.1, 0.15) is 13.3 Å². The van der Waals surface area contributed by atoms with Crippen LogP contribution in [0.2, 0.25) is 0 Å². The highest BCUT2D eigenvalue weighted by molar-refractivity contribution is 9.11. The lowest BCUT2D eigenvalue weighted by Crippen LogP contribution is -1.98. The fourth-order valence-electron chi connectivity index (χ4n) is 0.357. The van der Waals surface area contributed by atoms with Crippen LogP contribution >= 0.6 is 31.4 Å². The summed E-state index contributed by atoms with van der Waals surface area (Å²) in [5, 5.41) is 2.55. The molecule has 5 heteroatoms. The summed E-state index contributed by atoms with van der Waals surface area (Å²) in [6.07, 6.45) is 0.438. The van der Waals surface area contributed by atoms with Gasteiger partial charge in [-0.25, -0.2) is 0 Å². The molecule has 0 unspecified atom stereocenters. The third-order valence-electron chi connectivity index (χ3n) is 0.803. The maximum Gasteiger partial charge on any atom is 0.311 e. The van der Waals surface area contributed by atoms with Crippen molar-refractivity contribution < 1.29 is 9.53 Å². The van der Waals surface area contributed by atoms with Gasteiger partial charge in [-0.3, -0.25) is 4.79 Å². The van der Waals surface area contributed by atoms with Crippen molar-refractivity contribution in [1.29, 1.82) is 0 Å². The van der Waals surface area contributed by atoms with Crippen LogP contribution in [0.5, 0.6) is 0 Å². The average molecular weight is 194 g/mol. The summed E-state index contributed by atoms with van der Waals surface area (Å²) in [5.41, 5.74) is 0. The minimum Gasteiger partial charge on any atom is -0.418 e. The summed E-state index contributed by atoms with van der Waals surface area (Å²) in [7, 11) is 4.66. The second kappa shape index (κ2) is 4.20. The Kier molecular flexibility index (Phi) is 3.51. The summed E-state index contributed by atoms with van der Waals surface area (Å²) in [4.78, 5) is 10.7. The Balaban J connectivity index is 2.30. The molecule has 0 saturated carbocycles. The zero-order chi connectivity index (χ0) is 7.40. The van der Waals surface area contributed by atoms with Gasteiger partial charge in [0.25, 0.3) is 0 Å². The molecule has 0 aromatic heterocycles. The molecule has 0 N–H and O–H groups in total. The van der Waals surface area contributed by atoms with E-state index in [0.29, 0.717) is 11.5 Å². The molecular formula is C5H6O2S3. The molecule has 0 radical (unpaired) electrons. The molecule has 0 aliphatic carbocycles. The lowest BCUT2D eigenvalue weighted by atomic mass is 10.5. The van der Waals surface area contributed by atoms with E-state index in [9.17, 15) is 4.79 Å². The molecule has 0 saturated heterocycles. The Morgan fingerprint density at radius 3 is 3.10 bits per heavy atom. The summed E-state index contributed by atoms with van der Waals surface area (Å²) >= 11 is 0. The van der Waals surface area contributed by atoms with Crippen molar-refractivity contribution in [2.75, 3.05) is 0 Å².